The summed E-state index contributed by atoms with van der Waals surface area (Å²) < 4.78 is 10.7. The number of anilines is 1. The Hall–Kier alpha value is -2.90. The van der Waals surface area contributed by atoms with Gasteiger partial charge in [-0.2, -0.15) is 0 Å². The van der Waals surface area contributed by atoms with Crippen LogP contribution in [0.3, 0.4) is 0 Å². The third-order valence-corrected chi connectivity index (χ3v) is 6.04. The van der Waals surface area contributed by atoms with Crippen molar-refractivity contribution in [2.75, 3.05) is 18.5 Å². The minimum atomic E-state index is -1.45. The predicted octanol–water partition coefficient (Wildman–Crippen LogP) is -0.000200. The van der Waals surface area contributed by atoms with Gasteiger partial charge in [0.2, 0.25) is 17.7 Å². The van der Waals surface area contributed by atoms with Crippen molar-refractivity contribution in [3.05, 3.63) is 30.3 Å². The molecule has 0 radical (unpaired) electrons. The second-order valence-electron chi connectivity index (χ2n) is 9.33. The SMILES string of the molecule is CC(=O)CC[C@H](NC(=O)CCCCC(=O)Nc1ccccc1)C(=O)NCCO[C@@H]1O[C@@H](C)[C@@H](O)[C@@H](O)[C@@H]1O. The molecule has 1 saturated heterocycles. The summed E-state index contributed by atoms with van der Waals surface area (Å²) in [6.07, 6.45) is -4.51. The number of ketones is 1. The van der Waals surface area contributed by atoms with Gasteiger partial charge in [-0.05, 0) is 45.2 Å². The number of hydrogen-bond acceptors (Lipinski definition) is 9. The van der Waals surface area contributed by atoms with E-state index in [0.29, 0.717) is 18.5 Å². The predicted molar refractivity (Wildman–Crippen MR) is 137 cm³/mol. The van der Waals surface area contributed by atoms with E-state index in [1.807, 2.05) is 18.2 Å². The summed E-state index contributed by atoms with van der Waals surface area (Å²) >= 11 is 0. The molecular formula is C26H39N3O9. The Morgan fingerprint density at radius 3 is 2.26 bits per heavy atom. The number of carbonyl (C=O) groups is 4. The highest BCUT2D eigenvalue weighted by molar-refractivity contribution is 5.90. The monoisotopic (exact) mass is 537 g/mol. The number of unbranched alkanes of at least 4 members (excludes halogenated alkanes) is 1. The number of Topliss-reactive ketones (excluding diaryl/α,β-unsaturated/α-hetero) is 1. The van der Waals surface area contributed by atoms with E-state index in [-0.39, 0.29) is 56.4 Å². The van der Waals surface area contributed by atoms with Gasteiger partial charge in [-0.15, -0.1) is 0 Å². The highest BCUT2D eigenvalue weighted by atomic mass is 16.7. The summed E-state index contributed by atoms with van der Waals surface area (Å²) in [5.74, 6) is -1.14. The third-order valence-electron chi connectivity index (χ3n) is 6.04. The molecule has 6 atom stereocenters. The van der Waals surface area contributed by atoms with E-state index in [9.17, 15) is 34.5 Å². The smallest absolute Gasteiger partial charge is 0.242 e. The number of ether oxygens (including phenoxy) is 2. The summed E-state index contributed by atoms with van der Waals surface area (Å²) in [5, 5.41) is 37.6. The lowest BCUT2D eigenvalue weighted by molar-refractivity contribution is -0.292. The van der Waals surface area contributed by atoms with E-state index in [2.05, 4.69) is 16.0 Å². The van der Waals surface area contributed by atoms with Gasteiger partial charge in [0.1, 0.15) is 30.1 Å². The first-order valence-electron chi connectivity index (χ1n) is 12.8. The van der Waals surface area contributed by atoms with Crippen LogP contribution in [0.2, 0.25) is 0 Å². The zero-order valence-electron chi connectivity index (χ0n) is 21.8. The van der Waals surface area contributed by atoms with Gasteiger partial charge in [0.15, 0.2) is 6.29 Å². The van der Waals surface area contributed by atoms with Gasteiger partial charge in [-0.25, -0.2) is 0 Å². The number of para-hydroxylation sites is 1. The van der Waals surface area contributed by atoms with Crippen molar-refractivity contribution in [3.63, 3.8) is 0 Å². The lowest BCUT2D eigenvalue weighted by Gasteiger charge is -2.38. The molecule has 0 saturated carbocycles. The molecule has 1 aliphatic rings. The van der Waals surface area contributed by atoms with Crippen LogP contribution in [0, 0.1) is 0 Å². The fraction of sp³-hybridized carbons (Fsp3) is 0.615. The number of amides is 3. The Morgan fingerprint density at radius 2 is 1.61 bits per heavy atom. The van der Waals surface area contributed by atoms with E-state index >= 15 is 0 Å². The molecule has 0 aliphatic carbocycles. The Labute approximate surface area is 222 Å². The van der Waals surface area contributed by atoms with Crippen LogP contribution in [0.25, 0.3) is 0 Å². The van der Waals surface area contributed by atoms with E-state index < -0.39 is 42.7 Å². The van der Waals surface area contributed by atoms with Crippen molar-refractivity contribution in [2.24, 2.45) is 0 Å². The van der Waals surface area contributed by atoms with Crippen molar-refractivity contribution in [2.45, 2.75) is 89.1 Å². The summed E-state index contributed by atoms with van der Waals surface area (Å²) in [6, 6.07) is 8.13. The number of hydrogen-bond donors (Lipinski definition) is 6. The summed E-state index contributed by atoms with van der Waals surface area (Å²) in [5.41, 5.74) is 0.702. The summed E-state index contributed by atoms with van der Waals surface area (Å²) in [7, 11) is 0. The maximum absolute atomic E-state index is 12.6. The van der Waals surface area contributed by atoms with Gasteiger partial charge in [0, 0.05) is 31.5 Å². The average Bonchev–Trinajstić information content (AvgIpc) is 2.88. The number of aliphatic hydroxyl groups excluding tert-OH is 3. The maximum Gasteiger partial charge on any atom is 0.242 e. The fourth-order valence-corrected chi connectivity index (χ4v) is 3.82. The van der Waals surface area contributed by atoms with Crippen LogP contribution in [-0.4, -0.2) is 88.7 Å². The normalized spacial score (nSPS) is 23.8. The minimum Gasteiger partial charge on any atom is -0.388 e. The maximum atomic E-state index is 12.6. The van der Waals surface area contributed by atoms with Crippen LogP contribution in [0.4, 0.5) is 5.69 Å². The Balaban J connectivity index is 1.72. The van der Waals surface area contributed by atoms with Crippen LogP contribution < -0.4 is 16.0 Å². The van der Waals surface area contributed by atoms with Gasteiger partial charge in [-0.1, -0.05) is 18.2 Å². The van der Waals surface area contributed by atoms with Gasteiger partial charge >= 0.3 is 0 Å². The summed E-state index contributed by atoms with van der Waals surface area (Å²) in [6.45, 7) is 2.87. The average molecular weight is 538 g/mol. The number of nitrogens with one attached hydrogen (secondary N) is 3. The third kappa shape index (κ3) is 10.8. The van der Waals surface area contributed by atoms with Crippen LogP contribution in [-0.2, 0) is 28.7 Å². The zero-order valence-corrected chi connectivity index (χ0v) is 21.8. The number of aliphatic hydroxyl groups is 3. The lowest BCUT2D eigenvalue weighted by atomic mass is 10.0. The molecule has 1 aromatic rings. The molecule has 0 aromatic heterocycles. The molecule has 38 heavy (non-hydrogen) atoms. The molecule has 2 rings (SSSR count). The first-order chi connectivity index (χ1) is 18.1. The molecule has 1 aromatic carbocycles. The molecule has 1 aliphatic heterocycles. The minimum absolute atomic E-state index is 0.0153. The fourth-order valence-electron chi connectivity index (χ4n) is 3.82. The van der Waals surface area contributed by atoms with Crippen molar-refractivity contribution in [1.29, 1.82) is 0 Å². The lowest BCUT2D eigenvalue weighted by Crippen LogP contribution is -2.57. The second kappa shape index (κ2) is 16.1. The first kappa shape index (κ1) is 31.3. The topological polar surface area (TPSA) is 184 Å². The van der Waals surface area contributed by atoms with Gasteiger partial charge in [-0.3, -0.25) is 14.4 Å². The molecular weight excluding hydrogens is 498 g/mol. The van der Waals surface area contributed by atoms with E-state index in [0.717, 1.165) is 0 Å². The number of rotatable bonds is 15. The molecule has 0 spiro atoms. The quantitative estimate of drug-likeness (QED) is 0.168. The van der Waals surface area contributed by atoms with Gasteiger partial charge < -0.3 is 45.5 Å². The summed E-state index contributed by atoms with van der Waals surface area (Å²) in [4.78, 5) is 48.5. The highest BCUT2D eigenvalue weighted by Crippen LogP contribution is 2.21. The van der Waals surface area contributed by atoms with Crippen molar-refractivity contribution < 1.29 is 44.0 Å². The van der Waals surface area contributed by atoms with Crippen molar-refractivity contribution in [3.8, 4) is 0 Å². The van der Waals surface area contributed by atoms with Crippen LogP contribution in [0.5, 0.6) is 0 Å². The highest BCUT2D eigenvalue weighted by Gasteiger charge is 2.42. The van der Waals surface area contributed by atoms with Crippen molar-refractivity contribution in [1.82, 2.24) is 10.6 Å². The Kier molecular flexibility index (Phi) is 13.3. The molecule has 1 fully saturated rings. The largest absolute Gasteiger partial charge is 0.388 e. The standard InChI is InChI=1S/C26H39N3O9/c1-16(30)12-13-19(25(36)27-14-15-37-26-24(35)23(34)22(33)17(2)38-26)29-21(32)11-7-6-10-20(31)28-18-8-4-3-5-9-18/h3-5,8-9,17,19,22-24,26,33-35H,6-7,10-15H2,1-2H3,(H,27,36)(H,28,31)(H,29,32)/t17-,19-,22+,23+,24-,26+/m0/s1. The van der Waals surface area contributed by atoms with Crippen molar-refractivity contribution >= 4 is 29.2 Å². The zero-order chi connectivity index (χ0) is 28.1. The molecule has 1 heterocycles. The van der Waals surface area contributed by atoms with E-state index in [1.54, 1.807) is 12.1 Å². The second-order valence-corrected chi connectivity index (χ2v) is 9.33. The van der Waals surface area contributed by atoms with Crippen LogP contribution in [0.15, 0.2) is 30.3 Å². The van der Waals surface area contributed by atoms with E-state index in [1.165, 1.54) is 13.8 Å². The molecule has 12 nitrogen and oxygen atoms in total. The number of benzene rings is 1. The molecule has 12 heteroatoms. The number of carbonyl (C=O) groups excluding carboxylic acids is 4. The molecule has 212 valence electrons. The van der Waals surface area contributed by atoms with Crippen LogP contribution in [0.1, 0.15) is 52.4 Å². The van der Waals surface area contributed by atoms with Gasteiger partial charge in [0.05, 0.1) is 12.7 Å². The molecule has 0 unspecified atom stereocenters. The van der Waals surface area contributed by atoms with Gasteiger partial charge in [0.25, 0.3) is 0 Å². The Bertz CT molecular complexity index is 914. The van der Waals surface area contributed by atoms with Crippen LogP contribution >= 0.6 is 0 Å². The van der Waals surface area contributed by atoms with E-state index in [4.69, 9.17) is 9.47 Å². The molecule has 3 amide bonds. The Morgan fingerprint density at radius 1 is 0.947 bits per heavy atom. The molecule has 6 N–H and O–H groups in total. The first-order valence-corrected chi connectivity index (χ1v) is 12.8. The molecule has 0 bridgehead atoms.